The molecule has 1 aromatic rings. The number of ether oxygens (including phenoxy) is 1. The molecule has 2 N–H and O–H groups in total. The average molecular weight is 361 g/mol. The van der Waals surface area contributed by atoms with E-state index in [4.69, 9.17) is 4.74 Å². The number of carbonyl (C=O) groups excluding carboxylic acids is 2. The number of rotatable bonds is 7. The van der Waals surface area contributed by atoms with Crippen LogP contribution in [0.3, 0.4) is 0 Å². The molecule has 0 spiro atoms. The van der Waals surface area contributed by atoms with Crippen molar-refractivity contribution in [1.82, 2.24) is 10.2 Å². The number of hydrogen-bond donors (Lipinski definition) is 2. The first kappa shape index (κ1) is 18.5. The van der Waals surface area contributed by atoms with Crippen molar-refractivity contribution in [2.45, 2.75) is 32.7 Å². The predicted octanol–water partition coefficient (Wildman–Crippen LogP) is 0.468. The lowest BCUT2D eigenvalue weighted by Crippen LogP contribution is -3.16. The van der Waals surface area contributed by atoms with Gasteiger partial charge in [0.1, 0.15) is 11.8 Å². The van der Waals surface area contributed by atoms with Crippen LogP contribution in [0.5, 0.6) is 5.75 Å². The van der Waals surface area contributed by atoms with E-state index < -0.39 is 0 Å². The zero-order valence-electron chi connectivity index (χ0n) is 15.7. The molecule has 0 aromatic heterocycles. The lowest BCUT2D eigenvalue weighted by atomic mass is 10.2. The Morgan fingerprint density at radius 2 is 1.92 bits per heavy atom. The lowest BCUT2D eigenvalue weighted by Gasteiger charge is -2.35. The minimum Gasteiger partial charge on any atom is -0.492 e. The highest BCUT2D eigenvalue weighted by Gasteiger charge is 2.39. The number of quaternary nitrogens is 1. The van der Waals surface area contributed by atoms with Gasteiger partial charge in [-0.2, -0.15) is 0 Å². The van der Waals surface area contributed by atoms with E-state index >= 15 is 0 Å². The van der Waals surface area contributed by atoms with Crippen LogP contribution in [0.1, 0.15) is 26.7 Å². The molecule has 0 radical (unpaired) electrons. The number of imide groups is 1. The van der Waals surface area contributed by atoms with Crippen molar-refractivity contribution in [3.05, 3.63) is 24.3 Å². The minimum atomic E-state index is -0.341. The van der Waals surface area contributed by atoms with E-state index in [9.17, 15) is 9.59 Å². The summed E-state index contributed by atoms with van der Waals surface area (Å²) in [6, 6.07) is 7.51. The SMILES string of the molecule is CCC[C@@H]1NC(=O)N(C[NH+]2CCN(c3ccccc3OCC)CC2)C1=O. The molecular formula is C19H29N4O3+. The molecule has 26 heavy (non-hydrogen) atoms. The quantitative estimate of drug-likeness (QED) is 0.693. The second-order valence-corrected chi connectivity index (χ2v) is 6.85. The van der Waals surface area contributed by atoms with Crippen molar-refractivity contribution in [2.75, 3.05) is 44.4 Å². The maximum absolute atomic E-state index is 12.4. The maximum Gasteiger partial charge on any atom is 0.329 e. The van der Waals surface area contributed by atoms with Crippen molar-refractivity contribution < 1.29 is 19.2 Å². The maximum atomic E-state index is 12.4. The van der Waals surface area contributed by atoms with Crippen LogP contribution >= 0.6 is 0 Å². The molecule has 2 saturated heterocycles. The fraction of sp³-hybridized carbons (Fsp3) is 0.579. The van der Waals surface area contributed by atoms with Crippen molar-refractivity contribution in [3.63, 3.8) is 0 Å². The van der Waals surface area contributed by atoms with Gasteiger partial charge in [-0.1, -0.05) is 25.5 Å². The van der Waals surface area contributed by atoms with Gasteiger partial charge >= 0.3 is 6.03 Å². The number of para-hydroxylation sites is 2. The summed E-state index contributed by atoms with van der Waals surface area (Å²) in [7, 11) is 0. The van der Waals surface area contributed by atoms with Gasteiger partial charge in [-0.15, -0.1) is 0 Å². The van der Waals surface area contributed by atoms with E-state index in [0.717, 1.165) is 44.0 Å². The smallest absolute Gasteiger partial charge is 0.329 e. The fourth-order valence-corrected chi connectivity index (χ4v) is 3.65. The van der Waals surface area contributed by atoms with Gasteiger partial charge in [0, 0.05) is 0 Å². The van der Waals surface area contributed by atoms with Crippen LogP contribution in [-0.2, 0) is 4.79 Å². The van der Waals surface area contributed by atoms with Crippen molar-refractivity contribution in [2.24, 2.45) is 0 Å². The summed E-state index contributed by atoms with van der Waals surface area (Å²) in [5, 5.41) is 2.80. The third-order valence-electron chi connectivity index (χ3n) is 5.04. The summed E-state index contributed by atoms with van der Waals surface area (Å²) in [4.78, 5) is 29.5. The van der Waals surface area contributed by atoms with Gasteiger partial charge in [-0.25, -0.2) is 9.69 Å². The van der Waals surface area contributed by atoms with Crippen LogP contribution in [0.25, 0.3) is 0 Å². The van der Waals surface area contributed by atoms with Gasteiger partial charge in [0.05, 0.1) is 38.5 Å². The summed E-state index contributed by atoms with van der Waals surface area (Å²) in [6.07, 6.45) is 1.59. The number of hydrogen-bond acceptors (Lipinski definition) is 4. The molecule has 3 amide bonds. The Balaban J connectivity index is 1.56. The molecule has 2 fully saturated rings. The largest absolute Gasteiger partial charge is 0.492 e. The number of amides is 3. The second-order valence-electron chi connectivity index (χ2n) is 6.85. The summed E-state index contributed by atoms with van der Waals surface area (Å²) in [5.41, 5.74) is 1.12. The zero-order chi connectivity index (χ0) is 18.5. The molecule has 2 aliphatic heterocycles. The van der Waals surface area contributed by atoms with Gasteiger partial charge in [-0.3, -0.25) is 4.79 Å². The van der Waals surface area contributed by atoms with Gasteiger partial charge in [0.15, 0.2) is 6.67 Å². The third kappa shape index (κ3) is 3.93. The van der Waals surface area contributed by atoms with Gasteiger partial charge in [0.2, 0.25) is 0 Å². The Morgan fingerprint density at radius 1 is 1.19 bits per heavy atom. The van der Waals surface area contributed by atoms with Crippen LogP contribution in [0.2, 0.25) is 0 Å². The average Bonchev–Trinajstić information content (AvgIpc) is 2.91. The van der Waals surface area contributed by atoms with E-state index in [1.165, 1.54) is 9.80 Å². The van der Waals surface area contributed by atoms with Crippen LogP contribution in [0.15, 0.2) is 24.3 Å². The standard InChI is InChI=1S/C19H28N4O3/c1-3-7-15-18(24)23(19(25)20-15)14-21-10-12-22(13-11-21)16-8-5-6-9-17(16)26-4-2/h5-6,8-9,15H,3-4,7,10-14H2,1-2H3,(H,20,25)/p+1/t15-/m0/s1. The Morgan fingerprint density at radius 3 is 2.62 bits per heavy atom. The van der Waals surface area contributed by atoms with Crippen LogP contribution in [-0.4, -0.2) is 62.3 Å². The molecule has 7 nitrogen and oxygen atoms in total. The van der Waals surface area contributed by atoms with Crippen LogP contribution in [0.4, 0.5) is 10.5 Å². The summed E-state index contributed by atoms with van der Waals surface area (Å²) in [6.45, 7) is 8.63. The van der Waals surface area contributed by atoms with E-state index in [1.54, 1.807) is 0 Å². The van der Waals surface area contributed by atoms with Gasteiger partial charge < -0.3 is 19.9 Å². The molecule has 0 aliphatic carbocycles. The highest BCUT2D eigenvalue weighted by Crippen LogP contribution is 2.27. The van der Waals surface area contributed by atoms with E-state index in [2.05, 4.69) is 16.3 Å². The number of urea groups is 1. The molecule has 2 aliphatic rings. The Bertz CT molecular complexity index is 643. The third-order valence-corrected chi connectivity index (χ3v) is 5.04. The summed E-state index contributed by atoms with van der Waals surface area (Å²) < 4.78 is 5.73. The number of nitrogens with one attached hydrogen (secondary N) is 2. The molecule has 0 saturated carbocycles. The molecular weight excluding hydrogens is 332 g/mol. The monoisotopic (exact) mass is 361 g/mol. The van der Waals surface area contributed by atoms with Crippen molar-refractivity contribution >= 4 is 17.6 Å². The predicted molar refractivity (Wildman–Crippen MR) is 99.5 cm³/mol. The highest BCUT2D eigenvalue weighted by molar-refractivity contribution is 6.03. The van der Waals surface area contributed by atoms with Gasteiger partial charge in [-0.05, 0) is 25.5 Å². The van der Waals surface area contributed by atoms with E-state index in [1.807, 2.05) is 32.0 Å². The Labute approximate surface area is 154 Å². The Hall–Kier alpha value is -2.28. The molecule has 0 unspecified atom stereocenters. The zero-order valence-corrected chi connectivity index (χ0v) is 15.7. The fourth-order valence-electron chi connectivity index (χ4n) is 3.65. The topological polar surface area (TPSA) is 66.3 Å². The first-order valence-electron chi connectivity index (χ1n) is 9.56. The number of benzene rings is 1. The highest BCUT2D eigenvalue weighted by atomic mass is 16.5. The van der Waals surface area contributed by atoms with E-state index in [0.29, 0.717) is 19.7 Å². The molecule has 142 valence electrons. The van der Waals surface area contributed by atoms with E-state index in [-0.39, 0.29) is 18.0 Å². The van der Waals surface area contributed by atoms with Crippen LogP contribution < -0.4 is 19.9 Å². The molecule has 1 atom stereocenters. The number of anilines is 1. The first-order chi connectivity index (χ1) is 12.6. The number of piperazine rings is 1. The first-order valence-corrected chi connectivity index (χ1v) is 9.56. The Kier molecular flexibility index (Phi) is 5.98. The summed E-state index contributed by atoms with van der Waals surface area (Å²) >= 11 is 0. The molecule has 2 heterocycles. The minimum absolute atomic E-state index is 0.0755. The number of carbonyl (C=O) groups is 2. The number of nitrogens with zero attached hydrogens (tertiary/aromatic N) is 2. The summed E-state index contributed by atoms with van der Waals surface area (Å²) in [5.74, 6) is 0.837. The molecule has 0 bridgehead atoms. The lowest BCUT2D eigenvalue weighted by molar-refractivity contribution is -0.907. The molecule has 1 aromatic carbocycles. The van der Waals surface area contributed by atoms with Crippen molar-refractivity contribution in [3.8, 4) is 5.75 Å². The van der Waals surface area contributed by atoms with Gasteiger partial charge in [0.25, 0.3) is 5.91 Å². The van der Waals surface area contributed by atoms with Crippen LogP contribution in [0, 0.1) is 0 Å². The molecule has 3 rings (SSSR count). The normalized spacial score (nSPS) is 21.2. The van der Waals surface area contributed by atoms with Crippen molar-refractivity contribution in [1.29, 1.82) is 0 Å². The second kappa shape index (κ2) is 8.40. The molecule has 7 heteroatoms.